The molecule has 0 radical (unpaired) electrons. The molecular formula is C24H24F4N2O. The Morgan fingerprint density at radius 2 is 1.68 bits per heavy atom. The maximum atomic E-state index is 15.0. The number of aromatic nitrogens is 2. The first-order valence-electron chi connectivity index (χ1n) is 10.0. The summed E-state index contributed by atoms with van der Waals surface area (Å²) in [5.41, 5.74) is -1.95. The molecule has 1 unspecified atom stereocenters. The van der Waals surface area contributed by atoms with Gasteiger partial charge in [0.1, 0.15) is 17.3 Å². The predicted molar refractivity (Wildman–Crippen MR) is 112 cm³/mol. The summed E-state index contributed by atoms with van der Waals surface area (Å²) >= 11 is 0. The van der Waals surface area contributed by atoms with Crippen molar-refractivity contribution in [2.75, 3.05) is 6.61 Å². The van der Waals surface area contributed by atoms with E-state index in [1.54, 1.807) is 18.5 Å². The van der Waals surface area contributed by atoms with Crippen molar-refractivity contribution in [2.45, 2.75) is 39.2 Å². The van der Waals surface area contributed by atoms with Crippen LogP contribution in [-0.4, -0.2) is 16.6 Å². The van der Waals surface area contributed by atoms with Crippen LogP contribution in [0.25, 0.3) is 0 Å². The summed E-state index contributed by atoms with van der Waals surface area (Å²) < 4.78 is 62.1. The first-order chi connectivity index (χ1) is 14.9. The second-order valence-corrected chi connectivity index (χ2v) is 6.10. The molecule has 164 valence electrons. The van der Waals surface area contributed by atoms with Crippen molar-refractivity contribution in [3.05, 3.63) is 89.0 Å². The van der Waals surface area contributed by atoms with E-state index in [2.05, 4.69) is 21.8 Å². The largest absolute Gasteiger partial charge is 0.367 e. The highest BCUT2D eigenvalue weighted by Gasteiger charge is 2.68. The Kier molecular flexibility index (Phi) is 8.01. The van der Waals surface area contributed by atoms with E-state index < -0.39 is 34.4 Å². The Balaban J connectivity index is 0.000000807. The molecule has 1 fully saturated rings. The summed E-state index contributed by atoms with van der Waals surface area (Å²) in [6, 6.07) is 6.77. The minimum atomic E-state index is -3.60. The molecular weight excluding hydrogens is 408 g/mol. The van der Waals surface area contributed by atoms with Gasteiger partial charge >= 0.3 is 5.92 Å². The van der Waals surface area contributed by atoms with E-state index in [-0.39, 0.29) is 6.61 Å². The van der Waals surface area contributed by atoms with Gasteiger partial charge in [-0.2, -0.15) is 8.78 Å². The minimum Gasteiger partial charge on any atom is -0.367 e. The number of aromatic amines is 1. The number of nitrogens with zero attached hydrogens (tertiary/aromatic N) is 1. The lowest BCUT2D eigenvalue weighted by Gasteiger charge is -2.24. The molecule has 3 nitrogen and oxygen atoms in total. The summed E-state index contributed by atoms with van der Waals surface area (Å²) in [7, 11) is 0. The summed E-state index contributed by atoms with van der Waals surface area (Å²) in [5.74, 6) is 0.149. The van der Waals surface area contributed by atoms with E-state index in [9.17, 15) is 8.78 Å². The molecule has 1 atom stereocenters. The first-order valence-corrected chi connectivity index (χ1v) is 10.0. The lowest BCUT2D eigenvalue weighted by Crippen LogP contribution is -2.34. The van der Waals surface area contributed by atoms with Crippen LogP contribution < -0.4 is 0 Å². The Labute approximate surface area is 179 Å². The molecule has 2 aromatic heterocycles. The van der Waals surface area contributed by atoms with E-state index in [1.807, 2.05) is 27.7 Å². The second-order valence-electron chi connectivity index (χ2n) is 6.10. The van der Waals surface area contributed by atoms with Gasteiger partial charge in [0, 0.05) is 41.3 Å². The fourth-order valence-electron chi connectivity index (χ4n) is 2.80. The van der Waals surface area contributed by atoms with Gasteiger partial charge < -0.3 is 9.72 Å². The van der Waals surface area contributed by atoms with Crippen LogP contribution in [0.2, 0.25) is 0 Å². The third-order valence-corrected chi connectivity index (χ3v) is 4.34. The van der Waals surface area contributed by atoms with Gasteiger partial charge in [0.25, 0.3) is 0 Å². The van der Waals surface area contributed by atoms with Crippen LogP contribution in [0.4, 0.5) is 17.6 Å². The number of ether oxygens (including phenoxy) is 1. The molecule has 3 heterocycles. The van der Waals surface area contributed by atoms with E-state index in [1.165, 1.54) is 12.3 Å². The van der Waals surface area contributed by atoms with Crippen LogP contribution >= 0.6 is 0 Å². The zero-order valence-electron chi connectivity index (χ0n) is 17.8. The van der Waals surface area contributed by atoms with Crippen molar-refractivity contribution in [1.29, 1.82) is 0 Å². The molecule has 1 saturated heterocycles. The normalized spacial score (nSPS) is 16.6. The zero-order chi connectivity index (χ0) is 23.1. The fourth-order valence-corrected chi connectivity index (χ4v) is 2.80. The molecule has 1 aliphatic rings. The van der Waals surface area contributed by atoms with Gasteiger partial charge in [0.15, 0.2) is 5.60 Å². The highest BCUT2D eigenvalue weighted by atomic mass is 19.3. The Morgan fingerprint density at radius 3 is 2.19 bits per heavy atom. The molecule has 0 bridgehead atoms. The molecule has 7 heteroatoms. The topological polar surface area (TPSA) is 41.2 Å². The number of benzene rings is 1. The summed E-state index contributed by atoms with van der Waals surface area (Å²) in [6.07, 6.45) is 4.64. The van der Waals surface area contributed by atoms with Crippen molar-refractivity contribution < 1.29 is 22.3 Å². The van der Waals surface area contributed by atoms with Crippen molar-refractivity contribution in [2.24, 2.45) is 0 Å². The van der Waals surface area contributed by atoms with Gasteiger partial charge in [-0.05, 0) is 30.3 Å². The standard InChI is InChI=1S/C20H12F4N2O.2C2H6/c21-15-4-5-16(17(22)9-15)19(12-27-19)20(23,24)18-6-3-13(11-26-18)1-2-14-7-8-25-10-14;2*1-2/h3-11,25H,12H2;2*1-2H3. The van der Waals surface area contributed by atoms with Crippen LogP contribution in [0, 0.1) is 23.5 Å². The highest BCUT2D eigenvalue weighted by molar-refractivity contribution is 5.42. The maximum absolute atomic E-state index is 15.0. The Morgan fingerprint density at radius 1 is 1.00 bits per heavy atom. The van der Waals surface area contributed by atoms with Gasteiger partial charge in [-0.25, -0.2) is 8.78 Å². The van der Waals surface area contributed by atoms with Crippen LogP contribution in [0.5, 0.6) is 0 Å². The lowest BCUT2D eigenvalue weighted by molar-refractivity contribution is -0.0901. The van der Waals surface area contributed by atoms with Crippen molar-refractivity contribution in [3.8, 4) is 11.8 Å². The van der Waals surface area contributed by atoms with Gasteiger partial charge in [-0.3, -0.25) is 4.98 Å². The lowest BCUT2D eigenvalue weighted by atomic mass is 9.90. The first kappa shape index (κ1) is 24.2. The molecule has 31 heavy (non-hydrogen) atoms. The highest BCUT2D eigenvalue weighted by Crippen LogP contribution is 2.56. The molecule has 0 spiro atoms. The van der Waals surface area contributed by atoms with Crippen LogP contribution in [0.1, 0.15) is 50.1 Å². The minimum absolute atomic E-state index is 0.390. The van der Waals surface area contributed by atoms with E-state index >= 15 is 8.78 Å². The van der Waals surface area contributed by atoms with Crippen molar-refractivity contribution in [1.82, 2.24) is 9.97 Å². The third kappa shape index (κ3) is 4.97. The van der Waals surface area contributed by atoms with Gasteiger partial charge in [0.2, 0.25) is 0 Å². The van der Waals surface area contributed by atoms with E-state index in [4.69, 9.17) is 4.74 Å². The molecule has 0 aliphatic carbocycles. The second kappa shape index (κ2) is 10.3. The quantitative estimate of drug-likeness (QED) is 0.306. The van der Waals surface area contributed by atoms with Crippen LogP contribution in [-0.2, 0) is 16.3 Å². The zero-order valence-corrected chi connectivity index (χ0v) is 17.8. The van der Waals surface area contributed by atoms with Gasteiger partial charge in [-0.15, -0.1) is 0 Å². The summed E-state index contributed by atoms with van der Waals surface area (Å²) in [6.45, 7) is 7.61. The number of hydrogen-bond acceptors (Lipinski definition) is 2. The monoisotopic (exact) mass is 432 g/mol. The van der Waals surface area contributed by atoms with E-state index in [0.29, 0.717) is 11.6 Å². The third-order valence-electron chi connectivity index (χ3n) is 4.34. The van der Waals surface area contributed by atoms with E-state index in [0.717, 1.165) is 23.8 Å². The number of halogens is 4. The Bertz CT molecular complexity index is 1030. The summed E-state index contributed by atoms with van der Waals surface area (Å²) in [5, 5.41) is 0. The smallest absolute Gasteiger partial charge is 0.324 e. The molecule has 0 saturated carbocycles. The van der Waals surface area contributed by atoms with Crippen molar-refractivity contribution >= 4 is 0 Å². The number of alkyl halides is 2. The average molecular weight is 432 g/mol. The average Bonchev–Trinajstić information content (AvgIpc) is 3.44. The number of pyridine rings is 1. The van der Waals surface area contributed by atoms with Crippen molar-refractivity contribution in [3.63, 3.8) is 0 Å². The van der Waals surface area contributed by atoms with Crippen LogP contribution in [0.3, 0.4) is 0 Å². The predicted octanol–water partition coefficient (Wildman–Crippen LogP) is 6.16. The molecule has 3 aromatic rings. The molecule has 1 N–H and O–H groups in total. The molecule has 1 aromatic carbocycles. The maximum Gasteiger partial charge on any atom is 0.324 e. The number of nitrogens with one attached hydrogen (secondary N) is 1. The SMILES string of the molecule is CC.CC.Fc1ccc(C2(C(F)(F)c3ccc(C#Cc4cc[nH]c4)cn3)CO2)c(F)c1. The Hall–Kier alpha value is -3.11. The molecule has 0 amide bonds. The number of H-pyrrole nitrogens is 1. The van der Waals surface area contributed by atoms with Gasteiger partial charge in [0.05, 0.1) is 6.61 Å². The fraction of sp³-hybridized carbons (Fsp3) is 0.292. The summed E-state index contributed by atoms with van der Waals surface area (Å²) in [4.78, 5) is 6.65. The molecule has 4 rings (SSSR count). The number of hydrogen-bond donors (Lipinski definition) is 1. The number of rotatable bonds is 3. The van der Waals surface area contributed by atoms with Gasteiger partial charge in [-0.1, -0.05) is 39.5 Å². The number of epoxide rings is 1. The van der Waals surface area contributed by atoms with Crippen LogP contribution in [0.15, 0.2) is 55.0 Å². The molecule has 1 aliphatic heterocycles.